The lowest BCUT2D eigenvalue weighted by Gasteiger charge is -2.06. The molecular weight excluding hydrogens is 326 g/mol. The van der Waals surface area contributed by atoms with E-state index in [-0.39, 0.29) is 11.3 Å². The monoisotopic (exact) mass is 337 g/mol. The van der Waals surface area contributed by atoms with Crippen LogP contribution in [-0.4, -0.2) is 25.3 Å². The lowest BCUT2D eigenvalue weighted by molar-refractivity contribution is 0.102. The smallest absolute Gasteiger partial charge is 0.275 e. The summed E-state index contributed by atoms with van der Waals surface area (Å²) in [7, 11) is 0. The molecule has 0 aliphatic heterocycles. The SMILES string of the molecule is O=C(Nc1c(-c2cccs2)nc2ccccn12)c1cc(=O)[nH]cn1. The van der Waals surface area contributed by atoms with Crippen molar-refractivity contribution in [1.82, 2.24) is 19.4 Å². The van der Waals surface area contributed by atoms with Crippen LogP contribution >= 0.6 is 11.3 Å². The number of fused-ring (bicyclic) bond motifs is 1. The summed E-state index contributed by atoms with van der Waals surface area (Å²) in [6, 6.07) is 10.6. The molecule has 0 bridgehead atoms. The van der Waals surface area contributed by atoms with Gasteiger partial charge in [0.2, 0.25) is 0 Å². The molecule has 0 radical (unpaired) electrons. The minimum absolute atomic E-state index is 0.0433. The van der Waals surface area contributed by atoms with Crippen LogP contribution in [0.3, 0.4) is 0 Å². The van der Waals surface area contributed by atoms with Gasteiger partial charge in [0.25, 0.3) is 11.5 Å². The molecule has 7 nitrogen and oxygen atoms in total. The predicted molar refractivity (Wildman–Crippen MR) is 91.3 cm³/mol. The van der Waals surface area contributed by atoms with Gasteiger partial charge >= 0.3 is 0 Å². The van der Waals surface area contributed by atoms with E-state index in [0.29, 0.717) is 11.5 Å². The second kappa shape index (κ2) is 5.74. The van der Waals surface area contributed by atoms with Gasteiger partial charge in [-0.2, -0.15) is 0 Å². The summed E-state index contributed by atoms with van der Waals surface area (Å²) in [5, 5.41) is 4.77. The number of rotatable bonds is 3. The van der Waals surface area contributed by atoms with Crippen molar-refractivity contribution in [3.8, 4) is 10.6 Å². The average molecular weight is 337 g/mol. The van der Waals surface area contributed by atoms with Gasteiger partial charge in [0, 0.05) is 12.3 Å². The number of hydrogen-bond donors (Lipinski definition) is 2. The molecule has 4 aromatic rings. The van der Waals surface area contributed by atoms with E-state index in [1.54, 1.807) is 4.40 Å². The highest BCUT2D eigenvalue weighted by Crippen LogP contribution is 2.32. The molecule has 0 atom stereocenters. The van der Waals surface area contributed by atoms with Gasteiger partial charge in [-0.1, -0.05) is 12.1 Å². The molecule has 0 aliphatic rings. The Morgan fingerprint density at radius 3 is 2.96 bits per heavy atom. The molecule has 118 valence electrons. The Bertz CT molecular complexity index is 1080. The van der Waals surface area contributed by atoms with Crippen LogP contribution in [0.25, 0.3) is 16.2 Å². The van der Waals surface area contributed by atoms with Crippen molar-refractivity contribution in [3.05, 3.63) is 70.4 Å². The van der Waals surface area contributed by atoms with E-state index in [2.05, 4.69) is 20.3 Å². The van der Waals surface area contributed by atoms with Gasteiger partial charge < -0.3 is 10.3 Å². The molecule has 24 heavy (non-hydrogen) atoms. The van der Waals surface area contributed by atoms with E-state index < -0.39 is 5.91 Å². The Morgan fingerprint density at radius 1 is 1.25 bits per heavy atom. The Balaban J connectivity index is 1.82. The first kappa shape index (κ1) is 14.3. The fourth-order valence-electron chi connectivity index (χ4n) is 2.36. The van der Waals surface area contributed by atoms with Gasteiger partial charge in [-0.15, -0.1) is 11.3 Å². The number of amides is 1. The highest BCUT2D eigenvalue weighted by Gasteiger charge is 2.18. The van der Waals surface area contributed by atoms with Gasteiger partial charge in [0.1, 0.15) is 22.9 Å². The number of nitrogens with one attached hydrogen (secondary N) is 2. The number of thiophene rings is 1. The van der Waals surface area contributed by atoms with E-state index in [1.807, 2.05) is 41.9 Å². The summed E-state index contributed by atoms with van der Waals surface area (Å²) in [4.78, 5) is 35.6. The van der Waals surface area contributed by atoms with Crippen LogP contribution in [0, 0.1) is 0 Å². The molecule has 4 rings (SSSR count). The van der Waals surface area contributed by atoms with E-state index in [0.717, 1.165) is 16.6 Å². The van der Waals surface area contributed by atoms with Crippen molar-refractivity contribution in [3.63, 3.8) is 0 Å². The molecule has 0 saturated carbocycles. The van der Waals surface area contributed by atoms with Crippen LogP contribution < -0.4 is 10.9 Å². The maximum absolute atomic E-state index is 12.5. The maximum Gasteiger partial charge on any atom is 0.275 e. The molecule has 2 N–H and O–H groups in total. The van der Waals surface area contributed by atoms with E-state index in [9.17, 15) is 9.59 Å². The summed E-state index contributed by atoms with van der Waals surface area (Å²) < 4.78 is 1.79. The highest BCUT2D eigenvalue weighted by atomic mass is 32.1. The van der Waals surface area contributed by atoms with Crippen molar-refractivity contribution in [2.45, 2.75) is 0 Å². The van der Waals surface area contributed by atoms with E-state index in [4.69, 9.17) is 0 Å². The van der Waals surface area contributed by atoms with Gasteiger partial charge in [-0.25, -0.2) is 9.97 Å². The molecule has 1 amide bonds. The molecule has 8 heteroatoms. The summed E-state index contributed by atoms with van der Waals surface area (Å²) >= 11 is 1.53. The second-order valence-corrected chi connectivity index (χ2v) is 5.91. The fourth-order valence-corrected chi connectivity index (χ4v) is 3.08. The van der Waals surface area contributed by atoms with Crippen molar-refractivity contribution >= 4 is 28.7 Å². The maximum atomic E-state index is 12.5. The Labute approximate surface area is 139 Å². The predicted octanol–water partition coefficient (Wildman–Crippen LogP) is 2.40. The number of carbonyl (C=O) groups is 1. The highest BCUT2D eigenvalue weighted by molar-refractivity contribution is 7.13. The first-order valence-corrected chi connectivity index (χ1v) is 7.97. The summed E-state index contributed by atoms with van der Waals surface area (Å²) in [6.07, 6.45) is 3.02. The fraction of sp³-hybridized carbons (Fsp3) is 0. The topological polar surface area (TPSA) is 92.2 Å². The number of anilines is 1. The largest absolute Gasteiger partial charge is 0.313 e. The van der Waals surface area contributed by atoms with Crippen LogP contribution in [0.4, 0.5) is 5.82 Å². The van der Waals surface area contributed by atoms with Gasteiger partial charge in [-0.05, 0) is 23.6 Å². The standard InChI is InChI=1S/C16H11N5O2S/c22-13-8-10(17-9-18-13)16(23)20-15-14(11-4-3-7-24-11)19-12-5-1-2-6-21(12)15/h1-9H,(H,20,23)(H,17,18,22). The summed E-state index contributed by atoms with van der Waals surface area (Å²) in [5.74, 6) is 0.0738. The number of nitrogens with zero attached hydrogens (tertiary/aromatic N) is 3. The zero-order valence-electron chi connectivity index (χ0n) is 12.3. The molecule has 0 aliphatic carbocycles. The molecule has 0 spiro atoms. The Hall–Kier alpha value is -3.26. The Kier molecular flexibility index (Phi) is 3.43. The second-order valence-electron chi connectivity index (χ2n) is 4.97. The van der Waals surface area contributed by atoms with Gasteiger partial charge in [-0.3, -0.25) is 14.0 Å². The normalized spacial score (nSPS) is 10.8. The number of aromatic amines is 1. The molecule has 0 saturated heterocycles. The molecular formula is C16H11N5O2S. The zero-order valence-corrected chi connectivity index (χ0v) is 13.1. The molecule has 0 unspecified atom stereocenters. The number of aromatic nitrogens is 4. The van der Waals surface area contributed by atoms with Gasteiger partial charge in [0.05, 0.1) is 11.2 Å². The number of imidazole rings is 1. The lowest BCUT2D eigenvalue weighted by atomic mass is 10.3. The van der Waals surface area contributed by atoms with Crippen molar-refractivity contribution in [1.29, 1.82) is 0 Å². The zero-order chi connectivity index (χ0) is 16.5. The summed E-state index contributed by atoms with van der Waals surface area (Å²) in [6.45, 7) is 0. The van der Waals surface area contributed by atoms with Crippen molar-refractivity contribution in [2.24, 2.45) is 0 Å². The summed E-state index contributed by atoms with van der Waals surface area (Å²) in [5.41, 5.74) is 1.05. The van der Waals surface area contributed by atoms with Crippen LogP contribution in [-0.2, 0) is 0 Å². The van der Waals surface area contributed by atoms with E-state index >= 15 is 0 Å². The van der Waals surface area contributed by atoms with Crippen LogP contribution in [0.1, 0.15) is 10.5 Å². The minimum atomic E-state index is -0.468. The van der Waals surface area contributed by atoms with Crippen molar-refractivity contribution < 1.29 is 4.79 Å². The number of carbonyl (C=O) groups excluding carboxylic acids is 1. The Morgan fingerprint density at radius 2 is 2.17 bits per heavy atom. The minimum Gasteiger partial charge on any atom is -0.313 e. The van der Waals surface area contributed by atoms with Gasteiger partial charge in [0.15, 0.2) is 0 Å². The first-order chi connectivity index (χ1) is 11.7. The molecule has 0 aromatic carbocycles. The molecule has 4 heterocycles. The number of H-pyrrole nitrogens is 1. The van der Waals surface area contributed by atoms with Crippen LogP contribution in [0.15, 0.2) is 59.1 Å². The van der Waals surface area contributed by atoms with E-state index in [1.165, 1.54) is 17.7 Å². The first-order valence-electron chi connectivity index (χ1n) is 7.09. The average Bonchev–Trinajstić information content (AvgIpc) is 3.23. The van der Waals surface area contributed by atoms with Crippen molar-refractivity contribution in [2.75, 3.05) is 5.32 Å². The number of hydrogen-bond acceptors (Lipinski definition) is 5. The third-order valence-corrected chi connectivity index (χ3v) is 4.30. The molecule has 0 fully saturated rings. The number of pyridine rings is 1. The third-order valence-electron chi connectivity index (χ3n) is 3.43. The lowest BCUT2D eigenvalue weighted by Crippen LogP contribution is -2.18. The van der Waals surface area contributed by atoms with Crippen LogP contribution in [0.2, 0.25) is 0 Å². The third kappa shape index (κ3) is 2.48. The quantitative estimate of drug-likeness (QED) is 0.600. The molecule has 4 aromatic heterocycles. The van der Waals surface area contributed by atoms with Crippen LogP contribution in [0.5, 0.6) is 0 Å².